The highest BCUT2D eigenvalue weighted by Gasteiger charge is 2.42. The Balaban J connectivity index is 1.49. The number of imide groups is 1. The maximum atomic E-state index is 13.0. The minimum Gasteiger partial charge on any atom is -0.489 e. The monoisotopic (exact) mass is 501 g/mol. The number of hydrogen-bond acceptors (Lipinski definition) is 4. The fourth-order valence-electron chi connectivity index (χ4n) is 4.07. The van der Waals surface area contributed by atoms with Crippen molar-refractivity contribution in [2.75, 3.05) is 6.54 Å². The summed E-state index contributed by atoms with van der Waals surface area (Å²) in [6.07, 6.45) is 0.294. The first kappa shape index (κ1) is 25.9. The van der Waals surface area contributed by atoms with E-state index in [-0.39, 0.29) is 29.5 Å². The topological polar surface area (TPSA) is 55.8 Å². The molecule has 1 aliphatic rings. The zero-order valence-corrected chi connectivity index (χ0v) is 22.8. The van der Waals surface area contributed by atoms with Gasteiger partial charge in [-0.3, -0.25) is 14.5 Å². The summed E-state index contributed by atoms with van der Waals surface area (Å²) < 4.78 is 12.7. The maximum Gasteiger partial charge on any atom is 0.261 e. The summed E-state index contributed by atoms with van der Waals surface area (Å²) in [6.45, 7) is 11.7. The number of fused-ring (bicyclic) bond motifs is 1. The first-order valence-corrected chi connectivity index (χ1v) is 15.3. The van der Waals surface area contributed by atoms with Crippen LogP contribution < -0.4 is 4.74 Å². The molecule has 5 nitrogen and oxygen atoms in total. The summed E-state index contributed by atoms with van der Waals surface area (Å²) in [6, 6.07) is 25.1. The summed E-state index contributed by atoms with van der Waals surface area (Å²) in [5, 5.41) is 0.00236. The Morgan fingerprint density at radius 3 is 1.89 bits per heavy atom. The molecule has 1 atom stereocenters. The predicted octanol–water partition coefficient (Wildman–Crippen LogP) is 6.49. The van der Waals surface area contributed by atoms with E-state index in [1.165, 1.54) is 4.90 Å². The van der Waals surface area contributed by atoms with Crippen molar-refractivity contribution in [2.45, 2.75) is 58.0 Å². The summed E-state index contributed by atoms with van der Waals surface area (Å²) in [5.41, 5.74) is 3.12. The molecule has 3 aromatic carbocycles. The molecule has 0 aliphatic carbocycles. The van der Waals surface area contributed by atoms with E-state index in [9.17, 15) is 9.59 Å². The fraction of sp³-hybridized carbons (Fsp3) is 0.333. The van der Waals surface area contributed by atoms with Gasteiger partial charge in [0.1, 0.15) is 12.4 Å². The third-order valence-electron chi connectivity index (χ3n) is 7.17. The summed E-state index contributed by atoms with van der Waals surface area (Å²) >= 11 is 0. The van der Waals surface area contributed by atoms with Crippen LogP contribution in [0.4, 0.5) is 0 Å². The first-order chi connectivity index (χ1) is 17.0. The lowest BCUT2D eigenvalue weighted by atomic mass is 10.1. The van der Waals surface area contributed by atoms with Crippen LogP contribution in [-0.4, -0.2) is 37.7 Å². The van der Waals surface area contributed by atoms with E-state index in [1.807, 2.05) is 54.6 Å². The highest BCUT2D eigenvalue weighted by molar-refractivity contribution is 6.74. The predicted molar refractivity (Wildman–Crippen MR) is 145 cm³/mol. The molecule has 0 N–H and O–H groups in total. The van der Waals surface area contributed by atoms with Gasteiger partial charge in [-0.15, -0.1) is 0 Å². The molecule has 0 radical (unpaired) electrons. The van der Waals surface area contributed by atoms with Crippen molar-refractivity contribution < 1.29 is 18.8 Å². The van der Waals surface area contributed by atoms with E-state index in [0.717, 1.165) is 16.9 Å². The van der Waals surface area contributed by atoms with E-state index in [0.29, 0.717) is 24.2 Å². The standard InChI is InChI=1S/C30H35NO4Si/c1-30(2,3)36(4,5)35-25(20-31-28(32)26-13-9-10-14-27(26)29(31)33)19-22-15-17-24(18-16-22)34-21-23-11-7-6-8-12-23/h6-18,25H,19-21H2,1-5H3. The highest BCUT2D eigenvalue weighted by atomic mass is 28.4. The number of benzene rings is 3. The van der Waals surface area contributed by atoms with Crippen molar-refractivity contribution >= 4 is 20.1 Å². The summed E-state index contributed by atoms with van der Waals surface area (Å²) in [7, 11) is -2.15. The van der Waals surface area contributed by atoms with Gasteiger partial charge in [-0.25, -0.2) is 0 Å². The molecule has 3 aromatic rings. The molecule has 0 bridgehead atoms. The van der Waals surface area contributed by atoms with E-state index in [2.05, 4.69) is 33.9 Å². The van der Waals surface area contributed by atoms with Gasteiger partial charge in [-0.1, -0.05) is 75.4 Å². The zero-order chi connectivity index (χ0) is 25.9. The number of carbonyl (C=O) groups excluding carboxylic acids is 2. The van der Waals surface area contributed by atoms with E-state index in [4.69, 9.17) is 9.16 Å². The minimum atomic E-state index is -2.15. The quantitative estimate of drug-likeness (QED) is 0.248. The van der Waals surface area contributed by atoms with Crippen molar-refractivity contribution in [1.29, 1.82) is 0 Å². The average molecular weight is 502 g/mol. The van der Waals surface area contributed by atoms with Crippen LogP contribution in [0.15, 0.2) is 78.9 Å². The number of ether oxygens (including phenoxy) is 1. The molecular formula is C30H35NO4Si. The lowest BCUT2D eigenvalue weighted by Gasteiger charge is -2.40. The van der Waals surface area contributed by atoms with Gasteiger partial charge in [-0.2, -0.15) is 0 Å². The van der Waals surface area contributed by atoms with E-state index in [1.54, 1.807) is 24.3 Å². The Labute approximate surface area is 215 Å². The molecule has 1 heterocycles. The molecule has 6 heteroatoms. The number of rotatable bonds is 9. The minimum absolute atomic E-state index is 0.00236. The van der Waals surface area contributed by atoms with Gasteiger partial charge >= 0.3 is 0 Å². The molecule has 1 aliphatic heterocycles. The number of amides is 2. The van der Waals surface area contributed by atoms with Crippen LogP contribution in [0.2, 0.25) is 18.1 Å². The largest absolute Gasteiger partial charge is 0.489 e. The average Bonchev–Trinajstić information content (AvgIpc) is 3.08. The van der Waals surface area contributed by atoms with Crippen molar-refractivity contribution in [3.63, 3.8) is 0 Å². The molecule has 0 aromatic heterocycles. The van der Waals surface area contributed by atoms with Crippen molar-refractivity contribution in [3.8, 4) is 5.75 Å². The van der Waals surface area contributed by atoms with Gasteiger partial charge in [0.2, 0.25) is 0 Å². The second-order valence-corrected chi connectivity index (χ2v) is 15.6. The number of hydrogen-bond donors (Lipinski definition) is 0. The van der Waals surface area contributed by atoms with Gasteiger partial charge in [0, 0.05) is 0 Å². The van der Waals surface area contributed by atoms with Crippen LogP contribution in [0.3, 0.4) is 0 Å². The molecule has 2 amide bonds. The second kappa shape index (κ2) is 10.4. The van der Waals surface area contributed by atoms with Crippen LogP contribution in [0.25, 0.3) is 0 Å². The Morgan fingerprint density at radius 2 is 1.33 bits per heavy atom. The van der Waals surface area contributed by atoms with Crippen molar-refractivity contribution in [1.82, 2.24) is 4.90 Å². The van der Waals surface area contributed by atoms with Crippen LogP contribution >= 0.6 is 0 Å². The normalized spacial score (nSPS) is 14.6. The third-order valence-corrected chi connectivity index (χ3v) is 11.7. The summed E-state index contributed by atoms with van der Waals surface area (Å²) in [5.74, 6) is 0.304. The Morgan fingerprint density at radius 1 is 0.778 bits per heavy atom. The second-order valence-electron chi connectivity index (χ2n) is 10.9. The van der Waals surface area contributed by atoms with E-state index < -0.39 is 8.32 Å². The molecule has 188 valence electrons. The van der Waals surface area contributed by atoms with Gasteiger partial charge < -0.3 is 9.16 Å². The summed E-state index contributed by atoms with van der Waals surface area (Å²) in [4.78, 5) is 27.4. The molecule has 0 spiro atoms. The molecule has 36 heavy (non-hydrogen) atoms. The van der Waals surface area contributed by atoms with Crippen LogP contribution in [0.5, 0.6) is 5.75 Å². The maximum absolute atomic E-state index is 13.0. The Kier molecular flexibility index (Phi) is 7.48. The lowest BCUT2D eigenvalue weighted by molar-refractivity contribution is 0.0557. The SMILES string of the molecule is CC(C)(C)[Si](C)(C)OC(Cc1ccc(OCc2ccccc2)cc1)CN1C(=O)c2ccccc2C1=O. The number of carbonyl (C=O) groups is 2. The van der Waals surface area contributed by atoms with Crippen molar-refractivity contribution in [2.24, 2.45) is 0 Å². The van der Waals surface area contributed by atoms with Gasteiger partial charge in [0.25, 0.3) is 11.8 Å². The molecule has 4 rings (SSSR count). The first-order valence-electron chi connectivity index (χ1n) is 12.4. The highest BCUT2D eigenvalue weighted by Crippen LogP contribution is 2.38. The van der Waals surface area contributed by atoms with Crippen LogP contribution in [0.1, 0.15) is 52.6 Å². The molecule has 0 saturated heterocycles. The molecule has 1 unspecified atom stereocenters. The molecule has 0 saturated carbocycles. The molecular weight excluding hydrogens is 466 g/mol. The third kappa shape index (κ3) is 5.77. The van der Waals surface area contributed by atoms with Crippen LogP contribution in [-0.2, 0) is 17.5 Å². The smallest absolute Gasteiger partial charge is 0.261 e. The lowest BCUT2D eigenvalue weighted by Crippen LogP contribution is -2.48. The fourth-order valence-corrected chi connectivity index (χ4v) is 5.42. The Hall–Kier alpha value is -3.22. The molecule has 0 fully saturated rings. The van der Waals surface area contributed by atoms with Crippen molar-refractivity contribution in [3.05, 3.63) is 101 Å². The van der Waals surface area contributed by atoms with E-state index >= 15 is 0 Å². The number of nitrogens with zero attached hydrogens (tertiary/aromatic N) is 1. The van der Waals surface area contributed by atoms with Crippen LogP contribution in [0, 0.1) is 0 Å². The Bertz CT molecular complexity index is 1180. The van der Waals surface area contributed by atoms with Gasteiger partial charge in [-0.05, 0) is 59.9 Å². The zero-order valence-electron chi connectivity index (χ0n) is 21.8. The van der Waals surface area contributed by atoms with Gasteiger partial charge in [0.05, 0.1) is 23.8 Å². The van der Waals surface area contributed by atoms with Gasteiger partial charge in [0.15, 0.2) is 8.32 Å².